The first-order valence-electron chi connectivity index (χ1n) is 19.6. The fourth-order valence-corrected chi connectivity index (χ4v) is 10.4. The van der Waals surface area contributed by atoms with Gasteiger partial charge in [0.15, 0.2) is 12.1 Å². The van der Waals surface area contributed by atoms with E-state index in [1.807, 2.05) is 38.1 Å². The van der Waals surface area contributed by atoms with Crippen molar-refractivity contribution in [3.8, 4) is 16.3 Å². The average Bonchev–Trinajstić information content (AvgIpc) is 3.89. The van der Waals surface area contributed by atoms with Crippen LogP contribution in [-0.2, 0) is 38.0 Å². The summed E-state index contributed by atoms with van der Waals surface area (Å²) in [6.45, 7) is 8.40. The zero-order chi connectivity index (χ0) is 37.8. The van der Waals surface area contributed by atoms with Gasteiger partial charge >= 0.3 is 5.97 Å². The lowest BCUT2D eigenvalue weighted by Gasteiger charge is -2.37. The molecule has 2 aromatic rings. The molecule has 0 bridgehead atoms. The third-order valence-electron chi connectivity index (χ3n) is 12.3. The normalized spacial score (nSPS) is 31.1. The number of methoxy groups -OCH3 is 4. The molecule has 4 aliphatic rings. The maximum absolute atomic E-state index is 14.3. The van der Waals surface area contributed by atoms with Gasteiger partial charge in [-0.1, -0.05) is 26.3 Å². The lowest BCUT2D eigenvalue weighted by atomic mass is 9.67. The number of Topliss-reactive ketones (excluding diaryl/α,β-unsaturated/α-hetero) is 1. The van der Waals surface area contributed by atoms with Gasteiger partial charge in [-0.2, -0.15) is 0 Å². The second-order valence-electron chi connectivity index (χ2n) is 15.5. The van der Waals surface area contributed by atoms with Crippen LogP contribution in [0.1, 0.15) is 101 Å². The molecule has 0 amide bonds. The van der Waals surface area contributed by atoms with Gasteiger partial charge in [0.1, 0.15) is 23.0 Å². The number of carbonyl (C=O) groups is 2. The number of benzene rings is 1. The predicted molar refractivity (Wildman–Crippen MR) is 203 cm³/mol. The van der Waals surface area contributed by atoms with E-state index in [0.717, 1.165) is 72.5 Å². The third-order valence-corrected chi connectivity index (χ3v) is 13.5. The van der Waals surface area contributed by atoms with Crippen molar-refractivity contribution in [3.63, 3.8) is 0 Å². The number of fused-ring (bicyclic) bond motifs is 8. The van der Waals surface area contributed by atoms with Gasteiger partial charge in [0.2, 0.25) is 0 Å². The van der Waals surface area contributed by atoms with Crippen molar-refractivity contribution in [3.05, 3.63) is 46.5 Å². The number of thiazole rings is 1. The van der Waals surface area contributed by atoms with Crippen molar-refractivity contribution < 1.29 is 42.7 Å². The fraction of sp³-hybridized carbons (Fsp3) is 0.690. The highest BCUT2D eigenvalue weighted by molar-refractivity contribution is 7.15. The summed E-state index contributed by atoms with van der Waals surface area (Å²) < 4.78 is 41.8. The molecule has 0 spiro atoms. The van der Waals surface area contributed by atoms with Crippen molar-refractivity contribution in [2.24, 2.45) is 23.7 Å². The maximum atomic E-state index is 14.3. The minimum absolute atomic E-state index is 0.0342. The minimum Gasteiger partial charge on any atom is -0.497 e. The largest absolute Gasteiger partial charge is 0.497 e. The molecule has 2 fully saturated rings. The van der Waals surface area contributed by atoms with E-state index in [9.17, 15) is 9.59 Å². The van der Waals surface area contributed by atoms with E-state index in [-0.39, 0.29) is 78.1 Å². The van der Waals surface area contributed by atoms with Gasteiger partial charge in [-0.05, 0) is 94.0 Å². The Labute approximate surface area is 319 Å². The number of carbonyl (C=O) groups excluding carboxylic acids is 2. The topological polar surface area (TPSA) is 112 Å². The second-order valence-corrected chi connectivity index (χ2v) is 16.5. The van der Waals surface area contributed by atoms with Gasteiger partial charge in [-0.15, -0.1) is 11.3 Å². The molecule has 53 heavy (non-hydrogen) atoms. The van der Waals surface area contributed by atoms with Gasteiger partial charge in [0, 0.05) is 55.4 Å². The molecule has 1 aromatic heterocycles. The van der Waals surface area contributed by atoms with E-state index in [2.05, 4.69) is 19.9 Å². The molecule has 1 aromatic carbocycles. The number of aromatic nitrogens is 1. The molecule has 11 heteroatoms. The summed E-state index contributed by atoms with van der Waals surface area (Å²) in [5, 5.41) is 0.930. The zero-order valence-corrected chi connectivity index (χ0v) is 33.5. The monoisotopic (exact) mass is 753 g/mol. The number of hydrogen-bond acceptors (Lipinski definition) is 11. The van der Waals surface area contributed by atoms with Crippen LogP contribution in [0.3, 0.4) is 0 Å². The number of hydrogen-bond donors (Lipinski definition) is 0. The highest BCUT2D eigenvalue weighted by atomic mass is 32.1. The van der Waals surface area contributed by atoms with Crippen molar-refractivity contribution in [2.45, 2.75) is 128 Å². The Bertz CT molecular complexity index is 1570. The molecule has 0 radical (unpaired) electrons. The van der Waals surface area contributed by atoms with Crippen LogP contribution < -0.4 is 4.74 Å². The Kier molecular flexibility index (Phi) is 13.5. The fourth-order valence-electron chi connectivity index (χ4n) is 9.06. The van der Waals surface area contributed by atoms with E-state index in [1.54, 1.807) is 39.8 Å². The predicted octanol–water partition coefficient (Wildman–Crippen LogP) is 7.89. The van der Waals surface area contributed by atoms with Crippen LogP contribution >= 0.6 is 11.3 Å². The van der Waals surface area contributed by atoms with Crippen LogP contribution in [0, 0.1) is 23.7 Å². The molecule has 1 aliphatic heterocycles. The Morgan fingerprint density at radius 2 is 1.72 bits per heavy atom. The van der Waals surface area contributed by atoms with Crippen molar-refractivity contribution >= 4 is 23.1 Å². The van der Waals surface area contributed by atoms with Crippen molar-refractivity contribution in [2.75, 3.05) is 35.0 Å². The zero-order valence-electron chi connectivity index (χ0n) is 32.7. The van der Waals surface area contributed by atoms with Crippen molar-refractivity contribution in [1.82, 2.24) is 4.98 Å². The first-order valence-corrected chi connectivity index (χ1v) is 20.4. The van der Waals surface area contributed by atoms with Crippen LogP contribution in [-0.4, -0.2) is 88.6 Å². The molecule has 2 heterocycles. The van der Waals surface area contributed by atoms with Crippen LogP contribution in [0.25, 0.3) is 10.6 Å². The number of esters is 1. The number of ketones is 1. The van der Waals surface area contributed by atoms with Gasteiger partial charge < -0.3 is 33.2 Å². The van der Waals surface area contributed by atoms with E-state index >= 15 is 0 Å². The molecule has 0 N–H and O–H groups in total. The third kappa shape index (κ3) is 8.60. The second kappa shape index (κ2) is 17.9. The first-order chi connectivity index (χ1) is 25.6. The summed E-state index contributed by atoms with van der Waals surface area (Å²) in [5.74, 6) is 0.612. The molecule has 10 nitrogen and oxygen atoms in total. The average molecular weight is 754 g/mol. The number of rotatable bonds is 13. The summed E-state index contributed by atoms with van der Waals surface area (Å²) in [5.41, 5.74) is 2.82. The summed E-state index contributed by atoms with van der Waals surface area (Å²) >= 11 is 1.73. The van der Waals surface area contributed by atoms with Crippen molar-refractivity contribution in [1.29, 1.82) is 0 Å². The van der Waals surface area contributed by atoms with Crippen LogP contribution in [0.2, 0.25) is 0 Å². The van der Waals surface area contributed by atoms with Gasteiger partial charge in [-0.25, -0.2) is 4.98 Å². The molecule has 3 unspecified atom stereocenters. The molecule has 1 saturated heterocycles. The molecule has 3 aliphatic carbocycles. The first kappa shape index (κ1) is 40.0. The van der Waals surface area contributed by atoms with Crippen LogP contribution in [0.4, 0.5) is 0 Å². The highest BCUT2D eigenvalue weighted by Gasteiger charge is 2.56. The van der Waals surface area contributed by atoms with Gasteiger partial charge in [0.25, 0.3) is 0 Å². The quantitative estimate of drug-likeness (QED) is 0.148. The number of nitrogens with zero attached hydrogens (tertiary/aromatic N) is 1. The number of ether oxygens (including phenoxy) is 7. The minimum atomic E-state index is -0.676. The molecule has 12 atom stereocenters. The summed E-state index contributed by atoms with van der Waals surface area (Å²) in [7, 11) is 6.63. The van der Waals surface area contributed by atoms with E-state index in [1.165, 1.54) is 4.88 Å². The lowest BCUT2D eigenvalue weighted by molar-refractivity contribution is -0.255. The Morgan fingerprint density at radius 1 is 0.962 bits per heavy atom. The summed E-state index contributed by atoms with van der Waals surface area (Å²) in [6.07, 6.45) is 6.55. The lowest BCUT2D eigenvalue weighted by Crippen LogP contribution is -2.43. The van der Waals surface area contributed by atoms with Gasteiger partial charge in [-0.3, -0.25) is 9.59 Å². The SMILES string of the molecule is CC[C@H]1CCCC[C@@H](C)C(=O)C2=C[C@@H]3[C@@H](c4nc(-c5ccc(OC)cc5)sc4C4C[C@@H](OC(OC(C)[C@@H](C)OC)[C@H](COC)OC)C[C@H]43)[C@@H]2CC(=O)O1. The van der Waals surface area contributed by atoms with Gasteiger partial charge in [0.05, 0.1) is 44.1 Å². The standard InChI is InChI=1S/C42H59NO9S/c1-9-27-13-11-10-12-23(2)39(45)33-20-31-30-18-29(52-42(35(49-8)22-46-5)50-25(4)24(3)47-6)19-34(30)40-38(37(31)32(33)21-36(44)51-27)43-41(53-40)26-14-16-28(48-7)17-15-26/h14-17,20,23-25,27,29-32,34-35,37,42H,9-13,18-19,21-22H2,1-8H3/t23-,24-,25?,27+,29+,30+,31+,32-,34?,35+,37-,42?/m1/s1. The van der Waals surface area contributed by atoms with E-state index < -0.39 is 12.4 Å². The highest BCUT2D eigenvalue weighted by Crippen LogP contribution is 2.63. The summed E-state index contributed by atoms with van der Waals surface area (Å²) in [4.78, 5) is 34.7. The molecule has 1 saturated carbocycles. The van der Waals surface area contributed by atoms with Crippen LogP contribution in [0.5, 0.6) is 5.75 Å². The molecule has 292 valence electrons. The molecule has 6 rings (SSSR count). The summed E-state index contributed by atoms with van der Waals surface area (Å²) in [6, 6.07) is 8.01. The smallest absolute Gasteiger partial charge is 0.306 e. The molecular formula is C42H59NO9S. The van der Waals surface area contributed by atoms with Crippen LogP contribution in [0.15, 0.2) is 35.9 Å². The Balaban J connectivity index is 1.39. The van der Waals surface area contributed by atoms with E-state index in [0.29, 0.717) is 6.61 Å². The maximum Gasteiger partial charge on any atom is 0.306 e. The van der Waals surface area contributed by atoms with E-state index in [4.69, 9.17) is 38.1 Å². The number of cyclic esters (lactones) is 1. The Hall–Kier alpha value is -2.67. The Morgan fingerprint density at radius 3 is 2.40 bits per heavy atom. The number of allylic oxidation sites excluding steroid dienone is 2. The molecular weight excluding hydrogens is 695 g/mol.